The van der Waals surface area contributed by atoms with E-state index in [1.807, 2.05) is 0 Å². The van der Waals surface area contributed by atoms with Crippen molar-refractivity contribution in [1.29, 1.82) is 0 Å². The summed E-state index contributed by atoms with van der Waals surface area (Å²) >= 11 is 8.46. The maximum atomic E-state index is 8.94. The van der Waals surface area contributed by atoms with Crippen LogP contribution in [0.3, 0.4) is 0 Å². The molecule has 4 heteroatoms. The van der Waals surface area contributed by atoms with Crippen molar-refractivity contribution in [2.45, 2.75) is 62.4 Å². The molecular weight excluding hydrogens is 250 g/mol. The molecule has 0 aliphatic heterocycles. The second kappa shape index (κ2) is 11.7. The van der Waals surface area contributed by atoms with Crippen molar-refractivity contribution in [1.82, 2.24) is 5.32 Å². The topological polar surface area (TPSA) is 32.3 Å². The first-order valence-electron chi connectivity index (χ1n) is 6.88. The summed E-state index contributed by atoms with van der Waals surface area (Å²) in [4.78, 5) is 0. The first kappa shape index (κ1) is 17.6. The van der Waals surface area contributed by atoms with E-state index in [4.69, 9.17) is 5.11 Å². The fourth-order valence-corrected chi connectivity index (χ4v) is 1.95. The third kappa shape index (κ3) is 12.9. The van der Waals surface area contributed by atoms with Crippen LogP contribution in [-0.2, 0) is 0 Å². The Kier molecular flexibility index (Phi) is 12.1. The summed E-state index contributed by atoms with van der Waals surface area (Å²) in [6, 6.07) is 0. The molecule has 0 aliphatic carbocycles. The Morgan fingerprint density at radius 2 is 1.47 bits per heavy atom. The van der Waals surface area contributed by atoms with E-state index in [1.165, 1.54) is 51.4 Å². The highest BCUT2D eigenvalue weighted by molar-refractivity contribution is 8.00. The molecule has 0 saturated carbocycles. The first-order chi connectivity index (χ1) is 8.12. The van der Waals surface area contributed by atoms with Crippen LogP contribution >= 0.6 is 25.3 Å². The SMILES string of the molecule is CCCCCCCCCCNCC(S)(S)CO. The van der Waals surface area contributed by atoms with Gasteiger partial charge in [0.15, 0.2) is 0 Å². The normalized spacial score (nSPS) is 12.0. The molecule has 0 saturated heterocycles. The number of unbranched alkanes of at least 4 members (excludes halogenated alkanes) is 7. The number of hydrogen-bond donors (Lipinski definition) is 4. The van der Waals surface area contributed by atoms with Crippen LogP contribution < -0.4 is 5.32 Å². The van der Waals surface area contributed by atoms with Gasteiger partial charge in [-0.05, 0) is 13.0 Å². The zero-order chi connectivity index (χ0) is 13.0. The van der Waals surface area contributed by atoms with Crippen molar-refractivity contribution in [2.75, 3.05) is 19.7 Å². The predicted octanol–water partition coefficient (Wildman–Crippen LogP) is 3.26. The lowest BCUT2D eigenvalue weighted by atomic mass is 10.1. The van der Waals surface area contributed by atoms with Gasteiger partial charge in [0.2, 0.25) is 0 Å². The van der Waals surface area contributed by atoms with Gasteiger partial charge in [-0.15, -0.1) is 0 Å². The van der Waals surface area contributed by atoms with Crippen LogP contribution in [0.2, 0.25) is 0 Å². The van der Waals surface area contributed by atoms with E-state index in [9.17, 15) is 0 Å². The molecule has 0 aromatic carbocycles. The van der Waals surface area contributed by atoms with E-state index < -0.39 is 4.08 Å². The Balaban J connectivity index is 3.09. The highest BCUT2D eigenvalue weighted by Crippen LogP contribution is 2.16. The molecule has 0 spiro atoms. The zero-order valence-electron chi connectivity index (χ0n) is 11.1. The molecule has 0 aromatic rings. The lowest BCUT2D eigenvalue weighted by molar-refractivity contribution is 0.282. The summed E-state index contributed by atoms with van der Waals surface area (Å²) in [6.45, 7) is 3.88. The molecule has 0 aliphatic rings. The van der Waals surface area contributed by atoms with Gasteiger partial charge in [-0.25, -0.2) is 0 Å². The van der Waals surface area contributed by atoms with Crippen LogP contribution in [-0.4, -0.2) is 28.9 Å². The Morgan fingerprint density at radius 3 is 2.00 bits per heavy atom. The first-order valence-corrected chi connectivity index (χ1v) is 7.78. The maximum absolute atomic E-state index is 8.94. The smallest absolute Gasteiger partial charge is 0.0906 e. The van der Waals surface area contributed by atoms with Gasteiger partial charge in [0, 0.05) is 6.54 Å². The van der Waals surface area contributed by atoms with Crippen LogP contribution in [0.4, 0.5) is 0 Å². The Hall–Kier alpha value is 0.620. The highest BCUT2D eigenvalue weighted by Gasteiger charge is 2.17. The minimum absolute atomic E-state index is 0.0103. The molecule has 2 N–H and O–H groups in total. The third-order valence-electron chi connectivity index (χ3n) is 2.87. The average molecular weight is 280 g/mol. The van der Waals surface area contributed by atoms with Crippen LogP contribution in [0.1, 0.15) is 58.3 Å². The summed E-state index contributed by atoms with van der Waals surface area (Å²) in [5.74, 6) is 0. The minimum atomic E-state index is -0.583. The molecule has 17 heavy (non-hydrogen) atoms. The van der Waals surface area contributed by atoms with Gasteiger partial charge < -0.3 is 10.4 Å². The molecule has 0 radical (unpaired) electrons. The second-order valence-corrected chi connectivity index (χ2v) is 6.86. The van der Waals surface area contributed by atoms with Gasteiger partial charge in [0.05, 0.1) is 10.7 Å². The van der Waals surface area contributed by atoms with Crippen molar-refractivity contribution >= 4 is 25.3 Å². The predicted molar refractivity (Wildman–Crippen MR) is 83.3 cm³/mol. The summed E-state index contributed by atoms with van der Waals surface area (Å²) in [5, 5.41) is 12.2. The van der Waals surface area contributed by atoms with Gasteiger partial charge in [0.25, 0.3) is 0 Å². The van der Waals surface area contributed by atoms with Crippen molar-refractivity contribution in [2.24, 2.45) is 0 Å². The van der Waals surface area contributed by atoms with Crippen molar-refractivity contribution < 1.29 is 5.11 Å². The molecule has 0 rings (SSSR count). The number of aliphatic hydroxyl groups excluding tert-OH is 1. The maximum Gasteiger partial charge on any atom is 0.0906 e. The molecule has 0 bridgehead atoms. The molecule has 0 amide bonds. The van der Waals surface area contributed by atoms with Crippen molar-refractivity contribution in [3.05, 3.63) is 0 Å². The Bertz CT molecular complexity index is 165. The molecular formula is C13H29NOS2. The summed E-state index contributed by atoms with van der Waals surface area (Å²) < 4.78 is -0.583. The molecule has 0 heterocycles. The third-order valence-corrected chi connectivity index (χ3v) is 3.47. The van der Waals surface area contributed by atoms with E-state index >= 15 is 0 Å². The quantitative estimate of drug-likeness (QED) is 0.251. The lowest BCUT2D eigenvalue weighted by Gasteiger charge is -2.19. The van der Waals surface area contributed by atoms with Crippen LogP contribution in [0, 0.1) is 0 Å². The molecule has 0 aromatic heterocycles. The monoisotopic (exact) mass is 279 g/mol. The summed E-state index contributed by atoms with van der Waals surface area (Å²) in [7, 11) is 0. The fourth-order valence-electron chi connectivity index (χ4n) is 1.73. The molecule has 2 nitrogen and oxygen atoms in total. The summed E-state index contributed by atoms with van der Waals surface area (Å²) in [5.41, 5.74) is 0. The van der Waals surface area contributed by atoms with E-state index in [0.717, 1.165) is 6.54 Å². The fraction of sp³-hybridized carbons (Fsp3) is 1.00. The second-order valence-electron chi connectivity index (χ2n) is 4.79. The average Bonchev–Trinajstić information content (AvgIpc) is 2.31. The number of nitrogens with one attached hydrogen (secondary N) is 1. The van der Waals surface area contributed by atoms with Crippen LogP contribution in [0.15, 0.2) is 0 Å². The lowest BCUT2D eigenvalue weighted by Crippen LogP contribution is -2.34. The van der Waals surface area contributed by atoms with Crippen molar-refractivity contribution in [3.8, 4) is 0 Å². The van der Waals surface area contributed by atoms with Gasteiger partial charge in [-0.3, -0.25) is 0 Å². The van der Waals surface area contributed by atoms with Crippen LogP contribution in [0.25, 0.3) is 0 Å². The van der Waals surface area contributed by atoms with E-state index in [-0.39, 0.29) is 6.61 Å². The summed E-state index contributed by atoms with van der Waals surface area (Å²) in [6.07, 6.45) is 10.7. The Morgan fingerprint density at radius 1 is 0.941 bits per heavy atom. The van der Waals surface area contributed by atoms with E-state index in [0.29, 0.717) is 6.54 Å². The molecule has 0 atom stereocenters. The highest BCUT2D eigenvalue weighted by atomic mass is 32.2. The number of hydrogen-bond acceptors (Lipinski definition) is 4. The standard InChI is InChI=1S/C13H29NOS2/c1-2-3-4-5-6-7-8-9-10-14-11-13(16,17)12-15/h14-17H,2-12H2,1H3. The van der Waals surface area contributed by atoms with E-state index in [2.05, 4.69) is 37.5 Å². The van der Waals surface area contributed by atoms with Gasteiger partial charge >= 0.3 is 0 Å². The largest absolute Gasteiger partial charge is 0.394 e. The van der Waals surface area contributed by atoms with Gasteiger partial charge in [-0.2, -0.15) is 25.3 Å². The minimum Gasteiger partial charge on any atom is -0.394 e. The molecule has 0 unspecified atom stereocenters. The number of thiol groups is 2. The number of aliphatic hydroxyl groups is 1. The number of rotatable bonds is 12. The molecule has 104 valence electrons. The van der Waals surface area contributed by atoms with E-state index in [1.54, 1.807) is 0 Å². The van der Waals surface area contributed by atoms with Crippen LogP contribution in [0.5, 0.6) is 0 Å². The van der Waals surface area contributed by atoms with Gasteiger partial charge in [0.1, 0.15) is 0 Å². The van der Waals surface area contributed by atoms with Gasteiger partial charge in [-0.1, -0.05) is 51.9 Å². The zero-order valence-corrected chi connectivity index (χ0v) is 12.9. The molecule has 0 fully saturated rings. The Labute approximate surface area is 118 Å². The van der Waals surface area contributed by atoms with Crippen molar-refractivity contribution in [3.63, 3.8) is 0 Å².